The Hall–Kier alpha value is -2.73. The van der Waals surface area contributed by atoms with Crippen molar-refractivity contribution in [3.05, 3.63) is 42.1 Å². The minimum Gasteiger partial charge on any atom is -0.391 e. The monoisotopic (exact) mass is 487 g/mol. The first kappa shape index (κ1) is 24.4. The summed E-state index contributed by atoms with van der Waals surface area (Å²) in [4.78, 5) is 5.03. The summed E-state index contributed by atoms with van der Waals surface area (Å²) in [7, 11) is -0.473. The van der Waals surface area contributed by atoms with Gasteiger partial charge in [-0.25, -0.2) is 17.7 Å². The Morgan fingerprint density at radius 3 is 2.65 bits per heavy atom. The van der Waals surface area contributed by atoms with Crippen LogP contribution in [-0.4, -0.2) is 72.3 Å². The lowest BCUT2D eigenvalue weighted by Crippen LogP contribution is -2.43. The Balaban J connectivity index is 1.63. The quantitative estimate of drug-likeness (QED) is 0.381. The molecule has 2 atom stereocenters. The minimum atomic E-state index is -3.49. The summed E-state index contributed by atoms with van der Waals surface area (Å²) >= 11 is 0. The van der Waals surface area contributed by atoms with E-state index in [2.05, 4.69) is 34.9 Å². The third-order valence-electron chi connectivity index (χ3n) is 6.16. The number of hydrogen-bond donors (Lipinski definition) is 4. The molecule has 4 N–H and O–H groups in total. The van der Waals surface area contributed by atoms with Crippen LogP contribution in [0.5, 0.6) is 0 Å². The van der Waals surface area contributed by atoms with E-state index in [9.17, 15) is 13.5 Å². The average Bonchev–Trinajstić information content (AvgIpc) is 3.23. The van der Waals surface area contributed by atoms with E-state index in [1.807, 2.05) is 12.3 Å². The second-order valence-electron chi connectivity index (χ2n) is 9.15. The largest absolute Gasteiger partial charge is 0.391 e. The molecule has 1 aliphatic rings. The molecular formula is C23H33N7O3S. The van der Waals surface area contributed by atoms with Crippen LogP contribution in [-0.2, 0) is 10.0 Å². The standard InChI is InChI=1S/C23H33N7O3S/c1-15(2)19-13-26-30-22(27-17-5-7-18(8-6-17)34(32,33)29(3)4)11-21(28-23(19)30)25-12-16-9-10-24-14-20(16)31/h5-8,11,13,15-16,20,24,27,31H,9-10,12,14H2,1-4H3,(H,25,28)/t16?,20-/m0/s1. The molecular weight excluding hydrogens is 454 g/mol. The van der Waals surface area contributed by atoms with Crippen LogP contribution in [0.3, 0.4) is 0 Å². The van der Waals surface area contributed by atoms with Crippen molar-refractivity contribution in [3.63, 3.8) is 0 Å². The van der Waals surface area contributed by atoms with E-state index < -0.39 is 10.0 Å². The maximum Gasteiger partial charge on any atom is 0.242 e. The van der Waals surface area contributed by atoms with Crippen LogP contribution in [0, 0.1) is 5.92 Å². The van der Waals surface area contributed by atoms with Gasteiger partial charge in [-0.15, -0.1) is 0 Å². The molecule has 3 aromatic rings. The van der Waals surface area contributed by atoms with Gasteiger partial charge in [-0.1, -0.05) is 13.8 Å². The highest BCUT2D eigenvalue weighted by Gasteiger charge is 2.23. The summed E-state index contributed by atoms with van der Waals surface area (Å²) in [5.74, 6) is 1.79. The van der Waals surface area contributed by atoms with E-state index in [4.69, 9.17) is 4.98 Å². The summed E-state index contributed by atoms with van der Waals surface area (Å²) in [6.07, 6.45) is 2.33. The van der Waals surface area contributed by atoms with Gasteiger partial charge in [0.05, 0.1) is 17.2 Å². The molecule has 3 heterocycles. The number of nitrogens with zero attached hydrogens (tertiary/aromatic N) is 4. The molecule has 184 valence electrons. The Morgan fingerprint density at radius 2 is 2.00 bits per heavy atom. The van der Waals surface area contributed by atoms with Gasteiger partial charge in [-0.3, -0.25) is 0 Å². The van der Waals surface area contributed by atoms with Gasteiger partial charge in [0.25, 0.3) is 0 Å². The summed E-state index contributed by atoms with van der Waals surface area (Å²) < 4.78 is 27.7. The number of sulfonamides is 1. The van der Waals surface area contributed by atoms with Gasteiger partial charge < -0.3 is 21.1 Å². The average molecular weight is 488 g/mol. The molecule has 11 heteroatoms. The van der Waals surface area contributed by atoms with E-state index in [-0.39, 0.29) is 22.8 Å². The number of β-amino-alcohol motifs (C(OH)–C–C–N with tert-alkyl or cyclic N) is 1. The summed E-state index contributed by atoms with van der Waals surface area (Å²) in [5, 5.41) is 24.7. The molecule has 2 aromatic heterocycles. The van der Waals surface area contributed by atoms with Crippen molar-refractivity contribution in [3.8, 4) is 0 Å². The zero-order valence-electron chi connectivity index (χ0n) is 20.0. The first-order valence-electron chi connectivity index (χ1n) is 11.5. The zero-order chi connectivity index (χ0) is 24.5. The number of rotatable bonds is 8. The zero-order valence-corrected chi connectivity index (χ0v) is 20.8. The normalized spacial score (nSPS) is 19.1. The summed E-state index contributed by atoms with van der Waals surface area (Å²) in [6.45, 7) is 6.31. The molecule has 10 nitrogen and oxygen atoms in total. The van der Waals surface area contributed by atoms with E-state index in [1.165, 1.54) is 18.4 Å². The first-order valence-corrected chi connectivity index (χ1v) is 12.9. The number of aromatic nitrogens is 3. The van der Waals surface area contributed by atoms with Crippen LogP contribution in [0.2, 0.25) is 0 Å². The van der Waals surface area contributed by atoms with Crippen LogP contribution < -0.4 is 16.0 Å². The predicted molar refractivity (Wildman–Crippen MR) is 133 cm³/mol. The Morgan fingerprint density at radius 1 is 1.26 bits per heavy atom. The van der Waals surface area contributed by atoms with Crippen molar-refractivity contribution in [2.75, 3.05) is 44.4 Å². The van der Waals surface area contributed by atoms with Crippen LogP contribution >= 0.6 is 0 Å². The highest BCUT2D eigenvalue weighted by molar-refractivity contribution is 7.89. The molecule has 0 spiro atoms. The number of piperidine rings is 1. The van der Waals surface area contributed by atoms with Crippen molar-refractivity contribution < 1.29 is 13.5 Å². The summed E-state index contributed by atoms with van der Waals surface area (Å²) in [6, 6.07) is 8.50. The fraction of sp³-hybridized carbons (Fsp3) is 0.478. The van der Waals surface area contributed by atoms with Crippen LogP contribution in [0.1, 0.15) is 31.7 Å². The molecule has 1 aliphatic heterocycles. The van der Waals surface area contributed by atoms with E-state index in [0.29, 0.717) is 24.7 Å². The Labute approximate surface area is 200 Å². The molecule has 0 aliphatic carbocycles. The fourth-order valence-electron chi connectivity index (χ4n) is 4.01. The van der Waals surface area contributed by atoms with E-state index in [1.54, 1.807) is 28.8 Å². The molecule has 0 radical (unpaired) electrons. The van der Waals surface area contributed by atoms with Crippen LogP contribution in [0.15, 0.2) is 41.4 Å². The summed E-state index contributed by atoms with van der Waals surface area (Å²) in [5.41, 5.74) is 2.51. The smallest absolute Gasteiger partial charge is 0.242 e. The maximum atomic E-state index is 12.4. The molecule has 0 bridgehead atoms. The minimum absolute atomic E-state index is 0.149. The second-order valence-corrected chi connectivity index (χ2v) is 11.3. The molecule has 34 heavy (non-hydrogen) atoms. The number of fused-ring (bicyclic) bond motifs is 1. The third kappa shape index (κ3) is 5.02. The van der Waals surface area contributed by atoms with Crippen molar-refractivity contribution in [2.24, 2.45) is 5.92 Å². The van der Waals surface area contributed by atoms with Crippen molar-refractivity contribution in [2.45, 2.75) is 37.2 Å². The van der Waals surface area contributed by atoms with Crippen molar-refractivity contribution in [1.29, 1.82) is 0 Å². The molecule has 1 aromatic carbocycles. The lowest BCUT2D eigenvalue weighted by atomic mass is 9.95. The number of aliphatic hydroxyl groups excluding tert-OH is 1. The lowest BCUT2D eigenvalue weighted by Gasteiger charge is -2.28. The van der Waals surface area contributed by atoms with Gasteiger partial charge in [0, 0.05) is 50.4 Å². The third-order valence-corrected chi connectivity index (χ3v) is 7.99. The van der Waals surface area contributed by atoms with Crippen molar-refractivity contribution >= 4 is 33.0 Å². The van der Waals surface area contributed by atoms with Crippen LogP contribution in [0.4, 0.5) is 17.3 Å². The molecule has 1 fully saturated rings. The maximum absolute atomic E-state index is 12.4. The van der Waals surface area contributed by atoms with Crippen LogP contribution in [0.25, 0.3) is 5.65 Å². The molecule has 1 unspecified atom stereocenters. The predicted octanol–water partition coefficient (Wildman–Crippen LogP) is 2.23. The molecule has 1 saturated heterocycles. The van der Waals surface area contributed by atoms with E-state index in [0.717, 1.165) is 29.9 Å². The van der Waals surface area contributed by atoms with Gasteiger partial charge in [-0.2, -0.15) is 9.61 Å². The van der Waals surface area contributed by atoms with Gasteiger partial charge in [0.2, 0.25) is 10.0 Å². The number of benzene rings is 1. The molecule has 0 amide bonds. The van der Waals surface area contributed by atoms with Gasteiger partial charge in [0.1, 0.15) is 11.6 Å². The number of hydrogen-bond acceptors (Lipinski definition) is 8. The lowest BCUT2D eigenvalue weighted by molar-refractivity contribution is 0.0883. The van der Waals surface area contributed by atoms with Gasteiger partial charge in [-0.05, 0) is 43.1 Å². The topological polar surface area (TPSA) is 124 Å². The Kier molecular flexibility index (Phi) is 7.08. The van der Waals surface area contributed by atoms with Crippen molar-refractivity contribution in [1.82, 2.24) is 24.2 Å². The second kappa shape index (κ2) is 9.87. The number of anilines is 3. The fourth-order valence-corrected chi connectivity index (χ4v) is 4.91. The number of aliphatic hydroxyl groups is 1. The van der Waals surface area contributed by atoms with E-state index >= 15 is 0 Å². The highest BCUT2D eigenvalue weighted by atomic mass is 32.2. The molecule has 0 saturated carbocycles. The SMILES string of the molecule is CC(C)c1cnn2c(Nc3ccc(S(=O)(=O)N(C)C)cc3)cc(NCC3CCNC[C@@H]3O)nc12. The molecule has 4 rings (SSSR count). The Bertz CT molecular complexity index is 1240. The highest BCUT2D eigenvalue weighted by Crippen LogP contribution is 2.27. The first-order chi connectivity index (χ1) is 16.2. The van der Waals surface area contributed by atoms with Gasteiger partial charge >= 0.3 is 0 Å². The number of nitrogens with one attached hydrogen (secondary N) is 3. The van der Waals surface area contributed by atoms with Gasteiger partial charge in [0.15, 0.2) is 5.65 Å².